The van der Waals surface area contributed by atoms with Crippen LogP contribution in [0.2, 0.25) is 0 Å². The van der Waals surface area contributed by atoms with Crippen molar-refractivity contribution in [3.63, 3.8) is 0 Å². The van der Waals surface area contributed by atoms with Gasteiger partial charge in [0, 0.05) is 12.1 Å². The van der Waals surface area contributed by atoms with Gasteiger partial charge in [0.05, 0.1) is 4.92 Å². The van der Waals surface area contributed by atoms with Crippen molar-refractivity contribution < 1.29 is 14.8 Å². The summed E-state index contributed by atoms with van der Waals surface area (Å²) in [5, 5.41) is 20.5. The molecule has 2 aromatic rings. The molecule has 0 aliphatic heterocycles. The fourth-order valence-corrected chi connectivity index (χ4v) is 1.77. The molecule has 5 heteroatoms. The second-order valence-corrected chi connectivity index (χ2v) is 4.33. The minimum absolute atomic E-state index is 0.0600. The molecule has 1 N–H and O–H groups in total. The minimum atomic E-state index is -0.488. The van der Waals surface area contributed by atoms with E-state index in [1.807, 2.05) is 0 Å². The molecule has 0 bridgehead atoms. The van der Waals surface area contributed by atoms with Crippen LogP contribution < -0.4 is 4.74 Å². The molecule has 2 aromatic carbocycles. The van der Waals surface area contributed by atoms with Crippen molar-refractivity contribution in [2.45, 2.75) is 13.8 Å². The van der Waals surface area contributed by atoms with Gasteiger partial charge in [0.2, 0.25) is 5.75 Å². The lowest BCUT2D eigenvalue weighted by molar-refractivity contribution is -0.385. The number of phenolic OH excluding ortho intramolecular Hbond substituents is 1. The zero-order valence-corrected chi connectivity index (χ0v) is 10.6. The first-order valence-electron chi connectivity index (χ1n) is 5.69. The van der Waals surface area contributed by atoms with E-state index in [1.54, 1.807) is 38.1 Å². The molecule has 0 spiro atoms. The van der Waals surface area contributed by atoms with Crippen LogP contribution in [-0.4, -0.2) is 10.0 Å². The highest BCUT2D eigenvalue weighted by molar-refractivity contribution is 5.51. The number of hydrogen-bond donors (Lipinski definition) is 1. The number of rotatable bonds is 3. The average Bonchev–Trinajstić information content (AvgIpc) is 2.30. The van der Waals surface area contributed by atoms with Gasteiger partial charge in [-0.2, -0.15) is 0 Å². The molecular weight excluding hydrogens is 246 g/mol. The van der Waals surface area contributed by atoms with Gasteiger partial charge in [0.1, 0.15) is 11.5 Å². The quantitative estimate of drug-likeness (QED) is 0.673. The zero-order valence-electron chi connectivity index (χ0n) is 10.6. The van der Waals surface area contributed by atoms with Gasteiger partial charge < -0.3 is 9.84 Å². The normalized spacial score (nSPS) is 10.2. The maximum Gasteiger partial charge on any atom is 0.311 e. The molecule has 0 unspecified atom stereocenters. The third-order valence-electron chi connectivity index (χ3n) is 2.57. The Balaban J connectivity index is 2.40. The summed E-state index contributed by atoms with van der Waals surface area (Å²) in [7, 11) is 0. The third kappa shape index (κ3) is 3.01. The summed E-state index contributed by atoms with van der Waals surface area (Å²) >= 11 is 0. The van der Waals surface area contributed by atoms with E-state index in [4.69, 9.17) is 4.74 Å². The van der Waals surface area contributed by atoms with Crippen LogP contribution in [0.1, 0.15) is 11.1 Å². The summed E-state index contributed by atoms with van der Waals surface area (Å²) in [6.07, 6.45) is 0. The first-order chi connectivity index (χ1) is 8.95. The lowest BCUT2D eigenvalue weighted by Gasteiger charge is -2.08. The third-order valence-corrected chi connectivity index (χ3v) is 2.57. The first kappa shape index (κ1) is 12.9. The number of phenols is 1. The molecule has 0 amide bonds. The number of nitrogens with zero attached hydrogens (tertiary/aromatic N) is 1. The molecule has 0 radical (unpaired) electrons. The van der Waals surface area contributed by atoms with Crippen LogP contribution in [-0.2, 0) is 0 Å². The molecule has 98 valence electrons. The van der Waals surface area contributed by atoms with Crippen LogP contribution in [0, 0.1) is 24.0 Å². The topological polar surface area (TPSA) is 72.6 Å². The van der Waals surface area contributed by atoms with Crippen LogP contribution in [0.25, 0.3) is 0 Å². The summed E-state index contributed by atoms with van der Waals surface area (Å²) in [5.41, 5.74) is 1.50. The van der Waals surface area contributed by atoms with E-state index in [1.165, 1.54) is 12.1 Å². The number of hydrogen-bond acceptors (Lipinski definition) is 4. The van der Waals surface area contributed by atoms with Crippen LogP contribution >= 0.6 is 0 Å². The van der Waals surface area contributed by atoms with Gasteiger partial charge in [-0.3, -0.25) is 10.1 Å². The SMILES string of the molecule is Cc1cc(O)cc(Oc2ccc(C)cc2[N+](=O)[O-])c1. The lowest BCUT2D eigenvalue weighted by atomic mass is 10.2. The Kier molecular flexibility index (Phi) is 3.37. The van der Waals surface area contributed by atoms with Crippen molar-refractivity contribution in [3.8, 4) is 17.2 Å². The molecule has 0 aliphatic rings. The maximum absolute atomic E-state index is 11.0. The fraction of sp³-hybridized carbons (Fsp3) is 0.143. The van der Waals surface area contributed by atoms with E-state index < -0.39 is 4.92 Å². The average molecular weight is 259 g/mol. The first-order valence-corrected chi connectivity index (χ1v) is 5.69. The number of aromatic hydroxyl groups is 1. The smallest absolute Gasteiger partial charge is 0.311 e. The predicted octanol–water partition coefficient (Wildman–Crippen LogP) is 3.71. The maximum atomic E-state index is 11.0. The molecule has 19 heavy (non-hydrogen) atoms. The summed E-state index contributed by atoms with van der Waals surface area (Å²) < 4.78 is 5.49. The van der Waals surface area contributed by atoms with Crippen molar-refractivity contribution in [1.82, 2.24) is 0 Å². The van der Waals surface area contributed by atoms with E-state index in [9.17, 15) is 15.2 Å². The second kappa shape index (κ2) is 4.97. The van der Waals surface area contributed by atoms with Gasteiger partial charge in [0.15, 0.2) is 0 Å². The summed E-state index contributed by atoms with van der Waals surface area (Å²) in [5.74, 6) is 0.579. The van der Waals surface area contributed by atoms with Gasteiger partial charge in [-0.1, -0.05) is 6.07 Å². The Hall–Kier alpha value is -2.56. The van der Waals surface area contributed by atoms with E-state index in [0.29, 0.717) is 5.75 Å². The largest absolute Gasteiger partial charge is 0.508 e. The number of nitro groups is 1. The molecule has 0 aromatic heterocycles. The predicted molar refractivity (Wildman–Crippen MR) is 70.8 cm³/mol. The molecule has 0 saturated carbocycles. The summed E-state index contributed by atoms with van der Waals surface area (Å²) in [6.45, 7) is 3.57. The van der Waals surface area contributed by atoms with Crippen molar-refractivity contribution in [2.24, 2.45) is 0 Å². The molecule has 0 aliphatic carbocycles. The van der Waals surface area contributed by atoms with Crippen LogP contribution in [0.4, 0.5) is 5.69 Å². The molecular formula is C14H13NO4. The molecule has 0 atom stereocenters. The number of ether oxygens (including phenoxy) is 1. The van der Waals surface area contributed by atoms with Gasteiger partial charge in [0.25, 0.3) is 0 Å². The van der Waals surface area contributed by atoms with Crippen LogP contribution in [0.15, 0.2) is 36.4 Å². The number of aryl methyl sites for hydroxylation is 2. The van der Waals surface area contributed by atoms with Crippen molar-refractivity contribution in [1.29, 1.82) is 0 Å². The molecule has 0 saturated heterocycles. The van der Waals surface area contributed by atoms with E-state index in [2.05, 4.69) is 0 Å². The van der Waals surface area contributed by atoms with E-state index in [-0.39, 0.29) is 17.2 Å². The molecule has 0 heterocycles. The Bertz CT molecular complexity index is 617. The van der Waals surface area contributed by atoms with Gasteiger partial charge in [-0.25, -0.2) is 0 Å². The highest BCUT2D eigenvalue weighted by atomic mass is 16.6. The second-order valence-electron chi connectivity index (χ2n) is 4.33. The fourth-order valence-electron chi connectivity index (χ4n) is 1.77. The highest BCUT2D eigenvalue weighted by Gasteiger charge is 2.16. The van der Waals surface area contributed by atoms with Gasteiger partial charge in [-0.05, 0) is 43.2 Å². The molecule has 2 rings (SSSR count). The highest BCUT2D eigenvalue weighted by Crippen LogP contribution is 2.33. The number of benzene rings is 2. The van der Waals surface area contributed by atoms with Gasteiger partial charge in [-0.15, -0.1) is 0 Å². The van der Waals surface area contributed by atoms with Crippen molar-refractivity contribution >= 4 is 5.69 Å². The van der Waals surface area contributed by atoms with E-state index >= 15 is 0 Å². The Morgan fingerprint density at radius 3 is 2.47 bits per heavy atom. The Morgan fingerprint density at radius 1 is 1.11 bits per heavy atom. The van der Waals surface area contributed by atoms with Crippen LogP contribution in [0.3, 0.4) is 0 Å². The van der Waals surface area contributed by atoms with Crippen LogP contribution in [0.5, 0.6) is 17.2 Å². The number of nitro benzene ring substituents is 1. The van der Waals surface area contributed by atoms with Crippen molar-refractivity contribution in [2.75, 3.05) is 0 Å². The van der Waals surface area contributed by atoms with E-state index in [0.717, 1.165) is 11.1 Å². The van der Waals surface area contributed by atoms with Crippen molar-refractivity contribution in [3.05, 3.63) is 57.6 Å². The Labute approximate surface area is 110 Å². The zero-order chi connectivity index (χ0) is 14.0. The molecule has 0 fully saturated rings. The standard InChI is InChI=1S/C14H13NO4/c1-9-3-4-14(13(7-9)15(17)18)19-12-6-10(2)5-11(16)8-12/h3-8,16H,1-2H3. The lowest BCUT2D eigenvalue weighted by Crippen LogP contribution is -1.94. The minimum Gasteiger partial charge on any atom is -0.508 e. The monoisotopic (exact) mass is 259 g/mol. The summed E-state index contributed by atoms with van der Waals surface area (Å²) in [6, 6.07) is 9.42. The summed E-state index contributed by atoms with van der Waals surface area (Å²) in [4.78, 5) is 10.5. The van der Waals surface area contributed by atoms with Gasteiger partial charge >= 0.3 is 5.69 Å². The Morgan fingerprint density at radius 2 is 1.84 bits per heavy atom. The molecule has 5 nitrogen and oxygen atoms in total.